The van der Waals surface area contributed by atoms with E-state index >= 15 is 0 Å². The summed E-state index contributed by atoms with van der Waals surface area (Å²) in [5.41, 5.74) is 4.77. The number of nitro benzene ring substituents is 1. The normalized spacial score (nSPS) is 13.9. The third kappa shape index (κ3) is 3.77. The van der Waals surface area contributed by atoms with Gasteiger partial charge in [0, 0.05) is 17.7 Å². The third-order valence-corrected chi connectivity index (χ3v) is 6.86. The highest BCUT2D eigenvalue weighted by Crippen LogP contribution is 2.50. The first-order valence-electron chi connectivity index (χ1n) is 10.6. The Bertz CT molecular complexity index is 1410. The Labute approximate surface area is 204 Å². The highest BCUT2D eigenvalue weighted by molar-refractivity contribution is 7.13. The minimum atomic E-state index is -1.07. The summed E-state index contributed by atoms with van der Waals surface area (Å²) in [6, 6.07) is 24.8. The van der Waals surface area contributed by atoms with Crippen LogP contribution in [0.3, 0.4) is 0 Å². The lowest BCUT2D eigenvalue weighted by Gasteiger charge is -2.28. The van der Waals surface area contributed by atoms with E-state index < -0.39 is 16.2 Å². The molecule has 0 atom stereocenters. The summed E-state index contributed by atoms with van der Waals surface area (Å²) in [5.74, 6) is -0.692. The van der Waals surface area contributed by atoms with E-state index in [1.165, 1.54) is 41.8 Å². The molecule has 2 amide bonds. The van der Waals surface area contributed by atoms with Crippen molar-refractivity contribution in [2.75, 3.05) is 5.32 Å². The minimum absolute atomic E-state index is 0.0311. The molecule has 1 aromatic heterocycles. The highest BCUT2D eigenvalue weighted by Gasteiger charge is 2.51. The molecule has 0 aliphatic carbocycles. The second-order valence-electron chi connectivity index (χ2n) is 7.84. The van der Waals surface area contributed by atoms with Crippen LogP contribution in [-0.4, -0.2) is 23.0 Å². The van der Waals surface area contributed by atoms with Crippen LogP contribution in [0.2, 0.25) is 0 Å². The molecule has 8 nitrogen and oxygen atoms in total. The van der Waals surface area contributed by atoms with Gasteiger partial charge in [0.25, 0.3) is 11.6 Å². The number of carbonyl (C=O) groups excluding carboxylic acids is 2. The van der Waals surface area contributed by atoms with Crippen molar-refractivity contribution in [3.8, 4) is 0 Å². The molecule has 0 fully saturated rings. The van der Waals surface area contributed by atoms with Crippen molar-refractivity contribution in [3.05, 3.63) is 128 Å². The van der Waals surface area contributed by atoms with Crippen LogP contribution < -0.4 is 10.7 Å². The van der Waals surface area contributed by atoms with Crippen LogP contribution in [0.4, 0.5) is 11.4 Å². The van der Waals surface area contributed by atoms with Crippen molar-refractivity contribution in [1.29, 1.82) is 0 Å². The summed E-state index contributed by atoms with van der Waals surface area (Å²) in [4.78, 5) is 37.1. The number of non-ortho nitro benzene ring substituents is 1. The third-order valence-electron chi connectivity index (χ3n) is 5.88. The van der Waals surface area contributed by atoms with Crippen molar-refractivity contribution in [2.24, 2.45) is 5.10 Å². The number of fused-ring (bicyclic) bond motifs is 1. The van der Waals surface area contributed by atoms with E-state index in [9.17, 15) is 19.7 Å². The largest absolute Gasteiger partial charge is 0.323 e. The molecule has 35 heavy (non-hydrogen) atoms. The lowest BCUT2D eigenvalue weighted by atomic mass is 9.71. The van der Waals surface area contributed by atoms with Gasteiger partial charge in [0.1, 0.15) is 10.3 Å². The van der Waals surface area contributed by atoms with E-state index in [1.807, 2.05) is 66.0 Å². The fourth-order valence-corrected chi connectivity index (χ4v) is 5.23. The zero-order valence-corrected chi connectivity index (χ0v) is 19.0. The molecule has 2 heterocycles. The van der Waals surface area contributed by atoms with Gasteiger partial charge in [-0.3, -0.25) is 19.7 Å². The number of nitro groups is 1. The van der Waals surface area contributed by atoms with Crippen LogP contribution in [0.25, 0.3) is 0 Å². The second kappa shape index (κ2) is 8.96. The number of anilines is 1. The van der Waals surface area contributed by atoms with Crippen LogP contribution in [0.1, 0.15) is 31.9 Å². The van der Waals surface area contributed by atoms with Crippen molar-refractivity contribution in [2.45, 2.75) is 5.41 Å². The lowest BCUT2D eigenvalue weighted by molar-refractivity contribution is -0.384. The molecule has 172 valence electrons. The Morgan fingerprint density at radius 3 is 2.14 bits per heavy atom. The van der Waals surface area contributed by atoms with Gasteiger partial charge in [0.2, 0.25) is 5.91 Å². The predicted octanol–water partition coefficient (Wildman–Crippen LogP) is 4.71. The number of benzene rings is 3. The molecule has 3 aromatic carbocycles. The summed E-state index contributed by atoms with van der Waals surface area (Å²) in [6.45, 7) is 0. The molecule has 9 heteroatoms. The molecule has 5 rings (SSSR count). The molecule has 0 saturated carbocycles. The number of nitrogens with one attached hydrogen (secondary N) is 2. The van der Waals surface area contributed by atoms with Gasteiger partial charge in [0.05, 0.1) is 16.8 Å². The Kier molecular flexibility index (Phi) is 5.68. The second-order valence-corrected chi connectivity index (χ2v) is 8.72. The highest BCUT2D eigenvalue weighted by atomic mass is 32.1. The first-order chi connectivity index (χ1) is 17.0. The number of amides is 2. The number of hydrazone groups is 1. The number of carbonyl (C=O) groups is 2. The van der Waals surface area contributed by atoms with Gasteiger partial charge in [-0.05, 0) is 34.2 Å². The van der Waals surface area contributed by atoms with Gasteiger partial charge in [-0.15, -0.1) is 11.3 Å². The molecule has 0 radical (unpaired) electrons. The van der Waals surface area contributed by atoms with Gasteiger partial charge in [-0.1, -0.05) is 60.7 Å². The number of hydrogen-bond acceptors (Lipinski definition) is 6. The molecule has 1 aliphatic rings. The summed E-state index contributed by atoms with van der Waals surface area (Å²) in [6.07, 6.45) is 1.40. The van der Waals surface area contributed by atoms with E-state index in [2.05, 4.69) is 15.8 Å². The Balaban J connectivity index is 1.46. The molecule has 0 unspecified atom stereocenters. The Hall–Kier alpha value is -4.63. The van der Waals surface area contributed by atoms with Crippen LogP contribution in [-0.2, 0) is 10.2 Å². The molecule has 0 spiro atoms. The Morgan fingerprint density at radius 2 is 1.57 bits per heavy atom. The van der Waals surface area contributed by atoms with Crippen LogP contribution in [0.5, 0.6) is 0 Å². The van der Waals surface area contributed by atoms with E-state index in [4.69, 9.17) is 0 Å². The van der Waals surface area contributed by atoms with E-state index in [0.717, 1.165) is 16.7 Å². The zero-order chi connectivity index (χ0) is 24.4. The fraction of sp³-hybridized carbons (Fsp3) is 0.0385. The molecular weight excluding hydrogens is 464 g/mol. The first-order valence-corrected chi connectivity index (χ1v) is 11.5. The smallest absolute Gasteiger partial charge is 0.283 e. The van der Waals surface area contributed by atoms with E-state index in [-0.39, 0.29) is 11.6 Å². The van der Waals surface area contributed by atoms with Gasteiger partial charge in [-0.25, -0.2) is 5.43 Å². The van der Waals surface area contributed by atoms with Crippen molar-refractivity contribution in [1.82, 2.24) is 5.43 Å². The summed E-state index contributed by atoms with van der Waals surface area (Å²) >= 11 is 1.23. The maximum atomic E-state index is 13.5. The fourth-order valence-electron chi connectivity index (χ4n) is 4.27. The van der Waals surface area contributed by atoms with Crippen molar-refractivity contribution in [3.63, 3.8) is 0 Å². The molecular formula is C26H18N4O4S. The average molecular weight is 483 g/mol. The topological polar surface area (TPSA) is 114 Å². The molecule has 1 aliphatic heterocycles. The molecule has 2 N–H and O–H groups in total. The van der Waals surface area contributed by atoms with Crippen molar-refractivity contribution >= 4 is 40.7 Å². The average Bonchev–Trinajstić information content (AvgIpc) is 3.42. The monoisotopic (exact) mass is 482 g/mol. The zero-order valence-electron chi connectivity index (χ0n) is 18.2. The number of rotatable bonds is 6. The maximum Gasteiger partial charge on any atom is 0.283 e. The van der Waals surface area contributed by atoms with Crippen LogP contribution >= 0.6 is 11.3 Å². The number of thiophene rings is 1. The predicted molar refractivity (Wildman–Crippen MR) is 134 cm³/mol. The molecule has 0 bridgehead atoms. The van der Waals surface area contributed by atoms with E-state index in [1.54, 1.807) is 0 Å². The molecule has 0 saturated heterocycles. The summed E-state index contributed by atoms with van der Waals surface area (Å²) in [5, 5.41) is 19.5. The van der Waals surface area contributed by atoms with Gasteiger partial charge in [0.15, 0.2) is 0 Å². The standard InChI is InChI=1S/C26H18N4O4S/c31-24(29-27-15-17-11-13-20(14-12-17)30(33)34)23-22-21(16-35-23)26(25(32)28-22,18-7-3-1-4-8-18)19-9-5-2-6-10-19/h1-16H,(H,28,32)(H,29,31). The first kappa shape index (κ1) is 22.2. The number of nitrogens with zero attached hydrogens (tertiary/aromatic N) is 2. The minimum Gasteiger partial charge on any atom is -0.323 e. The lowest BCUT2D eigenvalue weighted by Crippen LogP contribution is -2.36. The molecule has 4 aromatic rings. The van der Waals surface area contributed by atoms with Crippen LogP contribution in [0, 0.1) is 10.1 Å². The number of hydrogen-bond donors (Lipinski definition) is 2. The quantitative estimate of drug-likeness (QED) is 0.235. The van der Waals surface area contributed by atoms with Crippen LogP contribution in [0.15, 0.2) is 95.4 Å². The summed E-state index contributed by atoms with van der Waals surface area (Å²) < 4.78 is 0. The maximum absolute atomic E-state index is 13.5. The van der Waals surface area contributed by atoms with Gasteiger partial charge >= 0.3 is 0 Å². The SMILES string of the molecule is O=C(NN=Cc1ccc([N+](=O)[O-])cc1)c1scc2c1NC(=O)C2(c1ccccc1)c1ccccc1. The Morgan fingerprint density at radius 1 is 0.971 bits per heavy atom. The van der Waals surface area contributed by atoms with Gasteiger partial charge < -0.3 is 5.32 Å². The van der Waals surface area contributed by atoms with E-state index in [0.29, 0.717) is 16.1 Å². The van der Waals surface area contributed by atoms with Crippen molar-refractivity contribution < 1.29 is 14.5 Å². The van der Waals surface area contributed by atoms with Gasteiger partial charge in [-0.2, -0.15) is 5.10 Å². The summed E-state index contributed by atoms with van der Waals surface area (Å²) in [7, 11) is 0.